The zero-order chi connectivity index (χ0) is 14.4. The van der Waals surface area contributed by atoms with Crippen molar-refractivity contribution in [2.24, 2.45) is 0 Å². The zero-order valence-corrected chi connectivity index (χ0v) is 9.50. The van der Waals surface area contributed by atoms with E-state index < -0.39 is 5.09 Å². The molecule has 0 aliphatic heterocycles. The highest BCUT2D eigenvalue weighted by molar-refractivity contribution is 4.51. The van der Waals surface area contributed by atoms with Crippen LogP contribution in [0.1, 0.15) is 27.7 Å². The second kappa shape index (κ2) is 87.5. The molecule has 0 saturated carbocycles. The molecule has 16 heavy (non-hydrogen) atoms. The third-order valence-corrected chi connectivity index (χ3v) is 0. The first-order chi connectivity index (χ1) is 7.39. The molecule has 0 aromatic rings. The molecule has 0 rings (SSSR count). The molecule has 0 fully saturated rings. The van der Waals surface area contributed by atoms with Crippen molar-refractivity contribution in [3.8, 4) is 24.3 Å². The maximum Gasteiger partial charge on any atom is 0.291 e. The largest absolute Gasteiger partial charge is 0.328 e. The molecule has 0 heterocycles. The Bertz CT molecular complexity index is 224. The van der Waals surface area contributed by atoms with Crippen LogP contribution in [0.3, 0.4) is 0 Å². The van der Waals surface area contributed by atoms with Gasteiger partial charge in [-0.2, -0.15) is 21.0 Å². The van der Waals surface area contributed by atoms with Crippen molar-refractivity contribution in [3.63, 3.8) is 0 Å². The van der Waals surface area contributed by atoms with Crippen LogP contribution in [-0.2, 0) is 0 Å². The zero-order valence-electron chi connectivity index (χ0n) is 9.50. The van der Waals surface area contributed by atoms with Crippen molar-refractivity contribution >= 4 is 0 Å². The van der Waals surface area contributed by atoms with Crippen LogP contribution in [0.5, 0.6) is 0 Å². The molecule has 0 spiro atoms. The van der Waals surface area contributed by atoms with E-state index in [-0.39, 0.29) is 0 Å². The Morgan fingerprint density at radius 2 is 0.875 bits per heavy atom. The Morgan fingerprint density at radius 3 is 0.875 bits per heavy atom. The lowest BCUT2D eigenvalue weighted by atomic mass is 11.0. The van der Waals surface area contributed by atoms with Crippen molar-refractivity contribution in [1.29, 1.82) is 21.0 Å². The number of hydrogen-bond acceptors (Lipinski definition) is 6. The average Bonchev–Trinajstić information content (AvgIpc) is 2.06. The standard InChI is InChI=1S/4C2H3N.HNO3/c4*1-2-3;2-1(3)4/h4*1H3;(H,2,3,4). The molecule has 0 radical (unpaired) electrons. The Hall–Kier alpha value is -2.84. The van der Waals surface area contributed by atoms with Crippen LogP contribution in [0, 0.1) is 55.4 Å². The molecule has 1 N–H and O–H groups in total. The minimum Gasteiger partial charge on any atom is -0.328 e. The van der Waals surface area contributed by atoms with E-state index in [2.05, 4.69) is 0 Å². The number of rotatable bonds is 0. The van der Waals surface area contributed by atoms with Gasteiger partial charge >= 0.3 is 0 Å². The summed E-state index contributed by atoms with van der Waals surface area (Å²) < 4.78 is 0. The summed E-state index contributed by atoms with van der Waals surface area (Å²) in [5.41, 5.74) is 0. The van der Waals surface area contributed by atoms with Gasteiger partial charge in [0.25, 0.3) is 5.09 Å². The third-order valence-electron chi connectivity index (χ3n) is 0. The minimum atomic E-state index is -1.50. The summed E-state index contributed by atoms with van der Waals surface area (Å²) in [6.07, 6.45) is 0. The van der Waals surface area contributed by atoms with Gasteiger partial charge in [-0.3, -0.25) is 0 Å². The highest BCUT2D eigenvalue weighted by atomic mass is 16.9. The molecule has 0 amide bonds. The van der Waals surface area contributed by atoms with Crippen molar-refractivity contribution in [2.45, 2.75) is 27.7 Å². The average molecular weight is 227 g/mol. The fourth-order valence-corrected chi connectivity index (χ4v) is 0. The molecule has 88 valence electrons. The van der Waals surface area contributed by atoms with Crippen molar-refractivity contribution < 1.29 is 10.3 Å². The van der Waals surface area contributed by atoms with Crippen LogP contribution in [0.4, 0.5) is 0 Å². The predicted octanol–water partition coefficient (Wildman–Crippen LogP) is 1.77. The van der Waals surface area contributed by atoms with Crippen LogP contribution in [0.15, 0.2) is 0 Å². The molecular weight excluding hydrogens is 214 g/mol. The van der Waals surface area contributed by atoms with E-state index in [0.29, 0.717) is 0 Å². The quantitative estimate of drug-likeness (QED) is 0.487. The summed E-state index contributed by atoms with van der Waals surface area (Å²) in [7, 11) is 0. The van der Waals surface area contributed by atoms with E-state index in [1.807, 2.05) is 0 Å². The van der Waals surface area contributed by atoms with Gasteiger partial charge in [-0.05, 0) is 0 Å². The maximum atomic E-state index is 8.36. The van der Waals surface area contributed by atoms with Crippen molar-refractivity contribution in [1.82, 2.24) is 0 Å². The van der Waals surface area contributed by atoms with Crippen molar-refractivity contribution in [3.05, 3.63) is 10.1 Å². The lowest BCUT2D eigenvalue weighted by Gasteiger charge is -1.56. The number of hydrogen-bond donors (Lipinski definition) is 1. The summed E-state index contributed by atoms with van der Waals surface area (Å²) in [6, 6.07) is 7.00. The molecule has 0 aliphatic rings. The van der Waals surface area contributed by atoms with Gasteiger partial charge in [0.2, 0.25) is 0 Å². The summed E-state index contributed by atoms with van der Waals surface area (Å²) in [4.78, 5) is 8.36. The van der Waals surface area contributed by atoms with Crippen LogP contribution in [0.2, 0.25) is 0 Å². The molecule has 0 aliphatic carbocycles. The second-order valence-corrected chi connectivity index (χ2v) is 1.13. The topological polar surface area (TPSA) is 159 Å². The van der Waals surface area contributed by atoms with Gasteiger partial charge in [0.05, 0.1) is 24.3 Å². The first-order valence-electron chi connectivity index (χ1n) is 3.46. The second-order valence-electron chi connectivity index (χ2n) is 1.13. The fraction of sp³-hybridized carbons (Fsp3) is 0.500. The molecular formula is C8H13N5O3. The predicted molar refractivity (Wildman–Crippen MR) is 53.9 cm³/mol. The number of nitriles is 4. The molecule has 0 unspecified atom stereocenters. The highest BCUT2D eigenvalue weighted by Crippen LogP contribution is 1.38. The monoisotopic (exact) mass is 227 g/mol. The highest BCUT2D eigenvalue weighted by Gasteiger charge is 1.65. The van der Waals surface area contributed by atoms with E-state index in [4.69, 9.17) is 36.4 Å². The Balaban J connectivity index is -0.0000000317. The lowest BCUT2D eigenvalue weighted by molar-refractivity contribution is -0.742. The van der Waals surface area contributed by atoms with Crippen molar-refractivity contribution in [2.75, 3.05) is 0 Å². The fourth-order valence-electron chi connectivity index (χ4n) is 0. The number of nitrogens with zero attached hydrogens (tertiary/aromatic N) is 5. The first-order valence-corrected chi connectivity index (χ1v) is 3.46. The van der Waals surface area contributed by atoms with Gasteiger partial charge in [0, 0.05) is 27.7 Å². The summed E-state index contributed by atoms with van der Waals surface area (Å²) in [6.45, 7) is 5.72. The maximum absolute atomic E-state index is 8.36. The van der Waals surface area contributed by atoms with Gasteiger partial charge in [-0.15, -0.1) is 10.1 Å². The van der Waals surface area contributed by atoms with E-state index in [1.165, 1.54) is 27.7 Å². The van der Waals surface area contributed by atoms with Gasteiger partial charge in [-0.1, -0.05) is 0 Å². The van der Waals surface area contributed by atoms with Gasteiger partial charge in [0.1, 0.15) is 0 Å². The van der Waals surface area contributed by atoms with Gasteiger partial charge < -0.3 is 5.21 Å². The van der Waals surface area contributed by atoms with E-state index in [0.717, 1.165) is 0 Å². The molecule has 8 nitrogen and oxygen atoms in total. The summed E-state index contributed by atoms with van der Waals surface area (Å²) in [5.74, 6) is 0. The Kier molecular flexibility index (Phi) is 160. The SMILES string of the molecule is CC#N.CC#N.CC#N.CC#N.O=[N+]([O-])O. The van der Waals surface area contributed by atoms with E-state index in [1.54, 1.807) is 24.3 Å². The summed E-state index contributed by atoms with van der Waals surface area (Å²) >= 11 is 0. The Morgan fingerprint density at radius 1 is 0.875 bits per heavy atom. The molecule has 0 saturated heterocycles. The smallest absolute Gasteiger partial charge is 0.291 e. The lowest BCUT2D eigenvalue weighted by Crippen LogP contribution is -1.81. The van der Waals surface area contributed by atoms with Crippen LogP contribution in [0.25, 0.3) is 0 Å². The summed E-state index contributed by atoms with van der Waals surface area (Å²) in [5, 5.41) is 42.9. The van der Waals surface area contributed by atoms with E-state index in [9.17, 15) is 0 Å². The Labute approximate surface area is 94.3 Å². The third kappa shape index (κ3) is 143. The molecule has 0 atom stereocenters. The van der Waals surface area contributed by atoms with Crippen LogP contribution in [-0.4, -0.2) is 10.3 Å². The molecule has 0 aromatic carbocycles. The van der Waals surface area contributed by atoms with E-state index >= 15 is 0 Å². The van der Waals surface area contributed by atoms with Crippen LogP contribution < -0.4 is 0 Å². The molecule has 0 bridgehead atoms. The normalized spacial score (nSPS) is 3.50. The van der Waals surface area contributed by atoms with Gasteiger partial charge in [0.15, 0.2) is 0 Å². The molecule has 8 heteroatoms. The minimum absolute atomic E-state index is 1.43. The first kappa shape index (κ1) is 29.2. The van der Waals surface area contributed by atoms with Crippen LogP contribution >= 0.6 is 0 Å². The van der Waals surface area contributed by atoms with Gasteiger partial charge in [-0.25, -0.2) is 0 Å². The molecule has 0 aromatic heterocycles.